The van der Waals surface area contributed by atoms with Crippen molar-refractivity contribution in [2.24, 2.45) is 15.9 Å². The van der Waals surface area contributed by atoms with Crippen LogP contribution in [0.4, 0.5) is 0 Å². The minimum Gasteiger partial charge on any atom is -0.508 e. The predicted molar refractivity (Wildman–Crippen MR) is 87.6 cm³/mol. The first-order valence-electron chi connectivity index (χ1n) is 7.60. The molecule has 23 heavy (non-hydrogen) atoms. The molecule has 0 spiro atoms. The lowest BCUT2D eigenvalue weighted by molar-refractivity contribution is -0.146. The highest BCUT2D eigenvalue weighted by atomic mass is 16.4. The van der Waals surface area contributed by atoms with Crippen LogP contribution in [-0.4, -0.2) is 38.7 Å². The zero-order valence-electron chi connectivity index (χ0n) is 13.0. The summed E-state index contributed by atoms with van der Waals surface area (Å²) in [4.78, 5) is 22.5. The number of aromatic hydroxyl groups is 1. The lowest BCUT2D eigenvalue weighted by Crippen LogP contribution is -2.55. The van der Waals surface area contributed by atoms with Gasteiger partial charge in [-0.05, 0) is 24.1 Å². The van der Waals surface area contributed by atoms with Crippen molar-refractivity contribution in [3.05, 3.63) is 42.2 Å². The lowest BCUT2D eigenvalue weighted by Gasteiger charge is -2.46. The second kappa shape index (κ2) is 5.53. The van der Waals surface area contributed by atoms with E-state index in [4.69, 9.17) is 0 Å². The zero-order valence-corrected chi connectivity index (χ0v) is 13.0. The Morgan fingerprint density at radius 3 is 2.65 bits per heavy atom. The number of nitrogens with zero attached hydrogens (tertiary/aromatic N) is 3. The van der Waals surface area contributed by atoms with Crippen LogP contribution in [0.2, 0.25) is 0 Å². The first-order valence-corrected chi connectivity index (χ1v) is 7.60. The van der Waals surface area contributed by atoms with Crippen molar-refractivity contribution < 1.29 is 15.0 Å². The Kier molecular flexibility index (Phi) is 3.67. The van der Waals surface area contributed by atoms with E-state index in [1.165, 1.54) is 0 Å². The van der Waals surface area contributed by atoms with Crippen molar-refractivity contribution in [2.45, 2.75) is 31.8 Å². The Hall–Kier alpha value is -2.63. The van der Waals surface area contributed by atoms with Crippen molar-refractivity contribution in [3.8, 4) is 5.75 Å². The summed E-state index contributed by atoms with van der Waals surface area (Å²) in [6.45, 7) is 3.75. The summed E-state index contributed by atoms with van der Waals surface area (Å²) in [6, 6.07) is 6.68. The molecular formula is C17H19N3O3. The third-order valence-electron chi connectivity index (χ3n) is 4.75. The van der Waals surface area contributed by atoms with Gasteiger partial charge in [-0.25, -0.2) is 9.79 Å². The molecule has 3 atom stereocenters. The molecule has 1 aromatic rings. The first kappa shape index (κ1) is 15.3. The van der Waals surface area contributed by atoms with Gasteiger partial charge in [0.15, 0.2) is 5.54 Å². The first-order chi connectivity index (χ1) is 11.0. The second-order valence-corrected chi connectivity index (χ2v) is 5.86. The Morgan fingerprint density at radius 1 is 1.35 bits per heavy atom. The molecule has 0 amide bonds. The maximum Gasteiger partial charge on any atom is 0.332 e. The van der Waals surface area contributed by atoms with E-state index in [-0.39, 0.29) is 17.7 Å². The Labute approximate surface area is 134 Å². The van der Waals surface area contributed by atoms with Crippen LogP contribution in [0.1, 0.15) is 31.9 Å². The number of aliphatic imine (C=N–C) groups is 2. The minimum atomic E-state index is -1.19. The van der Waals surface area contributed by atoms with E-state index >= 15 is 0 Å². The molecule has 0 aliphatic carbocycles. The third-order valence-corrected chi connectivity index (χ3v) is 4.75. The van der Waals surface area contributed by atoms with Gasteiger partial charge in [-0.1, -0.05) is 26.0 Å². The van der Waals surface area contributed by atoms with Gasteiger partial charge in [0.1, 0.15) is 11.6 Å². The van der Waals surface area contributed by atoms with Gasteiger partial charge in [-0.2, -0.15) is 0 Å². The number of fused-ring (bicyclic) bond motifs is 1. The van der Waals surface area contributed by atoms with Crippen LogP contribution in [0, 0.1) is 5.92 Å². The molecular weight excluding hydrogens is 294 g/mol. The summed E-state index contributed by atoms with van der Waals surface area (Å²) in [5.41, 5.74) is -0.257. The van der Waals surface area contributed by atoms with Gasteiger partial charge in [-0.3, -0.25) is 4.99 Å². The molecule has 6 heteroatoms. The Balaban J connectivity index is 2.16. The van der Waals surface area contributed by atoms with E-state index in [0.717, 1.165) is 5.56 Å². The van der Waals surface area contributed by atoms with E-state index in [9.17, 15) is 15.0 Å². The fraction of sp³-hybridized carbons (Fsp3) is 0.353. The molecule has 120 valence electrons. The molecule has 2 N–H and O–H groups in total. The van der Waals surface area contributed by atoms with Gasteiger partial charge < -0.3 is 15.1 Å². The van der Waals surface area contributed by atoms with Crippen LogP contribution in [-0.2, 0) is 4.79 Å². The summed E-state index contributed by atoms with van der Waals surface area (Å²) in [5.74, 6) is -0.449. The van der Waals surface area contributed by atoms with Gasteiger partial charge in [-0.15, -0.1) is 0 Å². The summed E-state index contributed by atoms with van der Waals surface area (Å²) >= 11 is 0. The molecule has 0 aromatic heterocycles. The molecule has 0 saturated heterocycles. The number of hydrogen-bond donors (Lipinski definition) is 2. The summed E-state index contributed by atoms with van der Waals surface area (Å²) in [5, 5.41) is 19.4. The molecule has 3 rings (SSSR count). The van der Waals surface area contributed by atoms with E-state index < -0.39 is 11.5 Å². The SMILES string of the molecule is CCC1(C(=O)O)N=C2C=NC=CN2C(c2ccc(O)cc2)C1C. The van der Waals surface area contributed by atoms with Gasteiger partial charge in [0.05, 0.1) is 12.3 Å². The number of phenolic OH excluding ortho intramolecular Hbond substituents is 1. The largest absolute Gasteiger partial charge is 0.508 e. The van der Waals surface area contributed by atoms with E-state index in [2.05, 4.69) is 9.98 Å². The molecule has 2 aliphatic heterocycles. The van der Waals surface area contributed by atoms with E-state index in [1.54, 1.807) is 24.5 Å². The molecule has 2 aliphatic rings. The van der Waals surface area contributed by atoms with Crippen molar-refractivity contribution in [2.75, 3.05) is 0 Å². The molecule has 6 nitrogen and oxygen atoms in total. The minimum absolute atomic E-state index is 0.182. The van der Waals surface area contributed by atoms with Crippen LogP contribution < -0.4 is 0 Å². The van der Waals surface area contributed by atoms with Gasteiger partial charge in [0.2, 0.25) is 0 Å². The van der Waals surface area contributed by atoms with Crippen LogP contribution >= 0.6 is 0 Å². The Bertz CT molecular complexity index is 708. The normalized spacial score (nSPS) is 29.1. The average Bonchev–Trinajstić information content (AvgIpc) is 2.55. The topological polar surface area (TPSA) is 85.5 Å². The molecule has 0 bridgehead atoms. The second-order valence-electron chi connectivity index (χ2n) is 5.86. The van der Waals surface area contributed by atoms with Crippen LogP contribution in [0.15, 0.2) is 46.7 Å². The average molecular weight is 313 g/mol. The Morgan fingerprint density at radius 2 is 2.04 bits per heavy atom. The van der Waals surface area contributed by atoms with E-state index in [0.29, 0.717) is 12.3 Å². The number of hydrogen-bond acceptors (Lipinski definition) is 5. The number of phenols is 1. The highest BCUT2D eigenvalue weighted by Crippen LogP contribution is 2.44. The standard InChI is InChI=1S/C17H19N3O3/c1-3-17(16(22)23)11(2)15(12-4-6-13(21)7-5-12)20-9-8-18-10-14(20)19-17/h4-11,15,21H,3H2,1-2H3,(H,22,23). The number of benzene rings is 1. The predicted octanol–water partition coefficient (Wildman–Crippen LogP) is 2.57. The maximum atomic E-state index is 12.0. The van der Waals surface area contributed by atoms with Gasteiger partial charge >= 0.3 is 5.97 Å². The van der Waals surface area contributed by atoms with Gasteiger partial charge in [0.25, 0.3) is 0 Å². The number of amidine groups is 1. The van der Waals surface area contributed by atoms with Crippen molar-refractivity contribution >= 4 is 18.0 Å². The number of carboxylic acids is 1. The van der Waals surface area contributed by atoms with Crippen molar-refractivity contribution in [1.82, 2.24) is 4.90 Å². The molecule has 1 aromatic carbocycles. The molecule has 3 unspecified atom stereocenters. The number of carbonyl (C=O) groups is 1. The highest BCUT2D eigenvalue weighted by Gasteiger charge is 2.51. The van der Waals surface area contributed by atoms with Crippen LogP contribution in [0.25, 0.3) is 0 Å². The number of carboxylic acid groups (broad SMARTS) is 1. The zero-order chi connectivity index (χ0) is 16.6. The third kappa shape index (κ3) is 2.30. The van der Waals surface area contributed by atoms with E-state index in [1.807, 2.05) is 37.1 Å². The quantitative estimate of drug-likeness (QED) is 0.898. The van der Waals surface area contributed by atoms with Crippen molar-refractivity contribution in [3.63, 3.8) is 0 Å². The molecule has 0 saturated carbocycles. The molecule has 2 heterocycles. The smallest absolute Gasteiger partial charge is 0.332 e. The van der Waals surface area contributed by atoms with Gasteiger partial charge in [0, 0.05) is 18.3 Å². The summed E-state index contributed by atoms with van der Waals surface area (Å²) in [7, 11) is 0. The van der Waals surface area contributed by atoms with Crippen LogP contribution in [0.5, 0.6) is 5.75 Å². The monoisotopic (exact) mass is 313 g/mol. The molecule has 0 radical (unpaired) electrons. The van der Waals surface area contributed by atoms with Crippen LogP contribution in [0.3, 0.4) is 0 Å². The number of aliphatic carboxylic acids is 1. The highest BCUT2D eigenvalue weighted by molar-refractivity contribution is 6.31. The lowest BCUT2D eigenvalue weighted by atomic mass is 9.74. The number of rotatable bonds is 3. The summed E-state index contributed by atoms with van der Waals surface area (Å²) in [6.07, 6.45) is 5.47. The maximum absolute atomic E-state index is 12.0. The fourth-order valence-corrected chi connectivity index (χ4v) is 3.41. The molecule has 0 fully saturated rings. The fourth-order valence-electron chi connectivity index (χ4n) is 3.41. The summed E-state index contributed by atoms with van der Waals surface area (Å²) < 4.78 is 0. The van der Waals surface area contributed by atoms with Crippen molar-refractivity contribution in [1.29, 1.82) is 0 Å².